The molecule has 0 aromatic heterocycles. The number of urea groups is 1. The molecule has 34 heavy (non-hydrogen) atoms. The van der Waals surface area contributed by atoms with Gasteiger partial charge in [-0.15, -0.1) is 0 Å². The number of amides is 3. The number of nitrogens with two attached hydrogens (primary N) is 1. The molecule has 0 radical (unpaired) electrons. The van der Waals surface area contributed by atoms with E-state index in [1.807, 2.05) is 32.0 Å². The number of unbranched alkanes of at least 4 members (excludes halogenated alkanes) is 1. The maximum absolute atomic E-state index is 13.0. The Balaban J connectivity index is 1.96. The SMILES string of the molecule is Cc1cccc(CNNC(=O)[C@@H](CC2CCCCC2)NC(=O)N[C@@H](CCCCN)C(=O)O)c1C. The van der Waals surface area contributed by atoms with Crippen molar-refractivity contribution in [1.29, 1.82) is 0 Å². The number of carboxylic acids is 1. The van der Waals surface area contributed by atoms with Crippen LogP contribution in [0.2, 0.25) is 0 Å². The Kier molecular flexibility index (Phi) is 11.8. The Hall–Kier alpha value is -2.65. The number of hydrogen-bond acceptors (Lipinski definition) is 5. The van der Waals surface area contributed by atoms with Gasteiger partial charge in [0.25, 0.3) is 5.91 Å². The summed E-state index contributed by atoms with van der Waals surface area (Å²) in [6.07, 6.45) is 7.60. The lowest BCUT2D eigenvalue weighted by Crippen LogP contribution is -2.55. The number of aryl methyl sites for hydroxylation is 1. The number of hydrazine groups is 1. The van der Waals surface area contributed by atoms with E-state index < -0.39 is 24.1 Å². The Morgan fingerprint density at radius 2 is 1.76 bits per heavy atom. The van der Waals surface area contributed by atoms with Crippen LogP contribution < -0.4 is 27.2 Å². The van der Waals surface area contributed by atoms with Crippen molar-refractivity contribution in [1.82, 2.24) is 21.5 Å². The first-order valence-electron chi connectivity index (χ1n) is 12.4. The third-order valence-electron chi connectivity index (χ3n) is 6.67. The molecule has 0 saturated heterocycles. The van der Waals surface area contributed by atoms with Crippen LogP contribution in [-0.2, 0) is 16.1 Å². The number of rotatable bonds is 13. The molecule has 1 saturated carbocycles. The van der Waals surface area contributed by atoms with E-state index >= 15 is 0 Å². The summed E-state index contributed by atoms with van der Waals surface area (Å²) < 4.78 is 0. The molecule has 1 fully saturated rings. The molecule has 0 unspecified atom stereocenters. The van der Waals surface area contributed by atoms with E-state index in [9.17, 15) is 19.5 Å². The van der Waals surface area contributed by atoms with Crippen LogP contribution in [0.3, 0.4) is 0 Å². The van der Waals surface area contributed by atoms with Gasteiger partial charge in [-0.05, 0) is 68.7 Å². The monoisotopic (exact) mass is 475 g/mol. The molecule has 190 valence electrons. The fraction of sp³-hybridized carbons (Fsp3) is 0.640. The van der Waals surface area contributed by atoms with Gasteiger partial charge in [-0.1, -0.05) is 50.3 Å². The molecular formula is C25H41N5O4. The third kappa shape index (κ3) is 9.30. The summed E-state index contributed by atoms with van der Waals surface area (Å²) in [5, 5.41) is 14.7. The third-order valence-corrected chi connectivity index (χ3v) is 6.67. The fourth-order valence-corrected chi connectivity index (χ4v) is 4.41. The Bertz CT molecular complexity index is 810. The van der Waals surface area contributed by atoms with Crippen molar-refractivity contribution < 1.29 is 19.5 Å². The maximum atomic E-state index is 13.0. The number of carboxylic acid groups (broad SMARTS) is 1. The van der Waals surface area contributed by atoms with E-state index in [2.05, 4.69) is 21.5 Å². The minimum atomic E-state index is -1.10. The first-order chi connectivity index (χ1) is 16.3. The maximum Gasteiger partial charge on any atom is 0.326 e. The van der Waals surface area contributed by atoms with Crippen molar-refractivity contribution in [2.24, 2.45) is 11.7 Å². The molecule has 0 spiro atoms. The first-order valence-corrected chi connectivity index (χ1v) is 12.4. The Labute approximate surface area is 202 Å². The fourth-order valence-electron chi connectivity index (χ4n) is 4.41. The quantitative estimate of drug-likeness (QED) is 0.191. The minimum Gasteiger partial charge on any atom is -0.480 e. The highest BCUT2D eigenvalue weighted by Crippen LogP contribution is 2.27. The molecule has 0 bridgehead atoms. The van der Waals surface area contributed by atoms with Crippen molar-refractivity contribution in [3.63, 3.8) is 0 Å². The smallest absolute Gasteiger partial charge is 0.326 e. The largest absolute Gasteiger partial charge is 0.480 e. The molecule has 0 heterocycles. The highest BCUT2D eigenvalue weighted by molar-refractivity contribution is 5.88. The van der Waals surface area contributed by atoms with Crippen LogP contribution in [0.5, 0.6) is 0 Å². The summed E-state index contributed by atoms with van der Waals surface area (Å²) in [6, 6.07) is 3.60. The number of carbonyl (C=O) groups is 3. The lowest BCUT2D eigenvalue weighted by molar-refractivity contribution is -0.139. The summed E-state index contributed by atoms with van der Waals surface area (Å²) in [7, 11) is 0. The number of benzene rings is 1. The van der Waals surface area contributed by atoms with Gasteiger partial charge in [0.1, 0.15) is 12.1 Å². The minimum absolute atomic E-state index is 0.289. The van der Waals surface area contributed by atoms with E-state index in [0.717, 1.165) is 36.8 Å². The highest BCUT2D eigenvalue weighted by Gasteiger charge is 2.27. The van der Waals surface area contributed by atoms with Gasteiger partial charge in [0.15, 0.2) is 0 Å². The second-order valence-electron chi connectivity index (χ2n) is 9.29. The lowest BCUT2D eigenvalue weighted by atomic mass is 9.84. The summed E-state index contributed by atoms with van der Waals surface area (Å²) in [6.45, 7) is 5.01. The van der Waals surface area contributed by atoms with Crippen LogP contribution in [0.15, 0.2) is 18.2 Å². The van der Waals surface area contributed by atoms with Gasteiger partial charge in [-0.25, -0.2) is 15.0 Å². The van der Waals surface area contributed by atoms with Gasteiger partial charge in [-0.2, -0.15) is 0 Å². The number of aliphatic carboxylic acids is 1. The standard InChI is InChI=1S/C25H41N5O4/c1-17-9-8-12-20(18(17)2)16-27-30-23(31)22(15-19-10-4-3-5-11-19)29-25(34)28-21(24(32)33)13-6-7-14-26/h8-9,12,19,21-22,27H,3-7,10-11,13-16,26H2,1-2H3,(H,30,31)(H,32,33)(H2,28,29,34)/t21-,22+/m0/s1. The number of hydrogen-bond donors (Lipinski definition) is 6. The zero-order chi connectivity index (χ0) is 24.9. The molecule has 0 aliphatic heterocycles. The molecule has 1 aliphatic carbocycles. The Morgan fingerprint density at radius 3 is 2.44 bits per heavy atom. The molecule has 7 N–H and O–H groups in total. The van der Waals surface area contributed by atoms with Gasteiger partial charge >= 0.3 is 12.0 Å². The predicted molar refractivity (Wildman–Crippen MR) is 132 cm³/mol. The summed E-state index contributed by atoms with van der Waals surface area (Å²) in [5.74, 6) is -1.08. The first kappa shape index (κ1) is 27.6. The van der Waals surface area contributed by atoms with Crippen LogP contribution in [-0.4, -0.2) is 41.6 Å². The van der Waals surface area contributed by atoms with Crippen molar-refractivity contribution in [3.8, 4) is 0 Å². The van der Waals surface area contributed by atoms with Gasteiger partial charge in [0, 0.05) is 6.54 Å². The molecule has 3 amide bonds. The second-order valence-corrected chi connectivity index (χ2v) is 9.29. The van der Waals surface area contributed by atoms with E-state index in [-0.39, 0.29) is 12.3 Å². The van der Waals surface area contributed by atoms with Crippen LogP contribution in [0.4, 0.5) is 4.79 Å². The molecule has 1 aromatic carbocycles. The van der Waals surface area contributed by atoms with Crippen LogP contribution in [0.25, 0.3) is 0 Å². The number of nitrogens with one attached hydrogen (secondary N) is 4. The Morgan fingerprint density at radius 1 is 1.06 bits per heavy atom. The van der Waals surface area contributed by atoms with E-state index in [0.29, 0.717) is 38.3 Å². The summed E-state index contributed by atoms with van der Waals surface area (Å²) in [4.78, 5) is 37.1. The van der Waals surface area contributed by atoms with Gasteiger partial charge in [-0.3, -0.25) is 10.2 Å². The lowest BCUT2D eigenvalue weighted by Gasteiger charge is -2.27. The van der Waals surface area contributed by atoms with Gasteiger partial charge in [0.05, 0.1) is 0 Å². The highest BCUT2D eigenvalue weighted by atomic mass is 16.4. The van der Waals surface area contributed by atoms with Crippen LogP contribution in [0.1, 0.15) is 74.5 Å². The summed E-state index contributed by atoms with van der Waals surface area (Å²) in [5.41, 5.74) is 14.6. The van der Waals surface area contributed by atoms with Gasteiger partial charge < -0.3 is 21.5 Å². The normalized spacial score (nSPS) is 15.9. The van der Waals surface area contributed by atoms with Crippen LogP contribution >= 0.6 is 0 Å². The number of carbonyl (C=O) groups excluding carboxylic acids is 2. The van der Waals surface area contributed by atoms with E-state index in [4.69, 9.17) is 5.73 Å². The molecule has 9 nitrogen and oxygen atoms in total. The van der Waals surface area contributed by atoms with Crippen LogP contribution in [0, 0.1) is 19.8 Å². The average molecular weight is 476 g/mol. The molecule has 1 aromatic rings. The second kappa shape index (κ2) is 14.6. The molecule has 1 aliphatic rings. The molecule has 9 heteroatoms. The van der Waals surface area contributed by atoms with Crippen molar-refractivity contribution in [3.05, 3.63) is 34.9 Å². The molecular weight excluding hydrogens is 434 g/mol. The zero-order valence-electron chi connectivity index (χ0n) is 20.5. The zero-order valence-corrected chi connectivity index (χ0v) is 20.5. The van der Waals surface area contributed by atoms with E-state index in [1.165, 1.54) is 12.0 Å². The predicted octanol–water partition coefficient (Wildman–Crippen LogP) is 2.64. The van der Waals surface area contributed by atoms with Crippen molar-refractivity contribution >= 4 is 17.9 Å². The average Bonchev–Trinajstić information content (AvgIpc) is 2.81. The summed E-state index contributed by atoms with van der Waals surface area (Å²) >= 11 is 0. The van der Waals surface area contributed by atoms with Crippen molar-refractivity contribution in [2.45, 2.75) is 90.3 Å². The van der Waals surface area contributed by atoms with E-state index in [1.54, 1.807) is 0 Å². The van der Waals surface area contributed by atoms with Crippen molar-refractivity contribution in [2.75, 3.05) is 6.54 Å². The molecule has 2 atom stereocenters. The van der Waals surface area contributed by atoms with Gasteiger partial charge in [0.2, 0.25) is 0 Å². The molecule has 2 rings (SSSR count). The topological polar surface area (TPSA) is 146 Å².